The molecule has 5 nitrogen and oxygen atoms in total. The zero-order valence-electron chi connectivity index (χ0n) is 14.6. The summed E-state index contributed by atoms with van der Waals surface area (Å²) in [6, 6.07) is 8.19. The Balaban J connectivity index is 1.87. The fourth-order valence-electron chi connectivity index (χ4n) is 3.75. The molecule has 0 saturated carbocycles. The van der Waals surface area contributed by atoms with Crippen LogP contribution in [0.4, 0.5) is 5.82 Å². The Labute approximate surface area is 147 Å². The quantitative estimate of drug-likeness (QED) is 0.784. The first-order chi connectivity index (χ1) is 12.2. The second-order valence-corrected chi connectivity index (χ2v) is 6.70. The Morgan fingerprint density at radius 3 is 3.04 bits per heavy atom. The molecule has 1 N–H and O–H groups in total. The fourth-order valence-corrected chi connectivity index (χ4v) is 3.75. The minimum Gasteiger partial charge on any atom is -0.311 e. The number of pyridine rings is 1. The van der Waals surface area contributed by atoms with Crippen LogP contribution >= 0.6 is 0 Å². The molecule has 128 valence electrons. The van der Waals surface area contributed by atoms with E-state index in [0.29, 0.717) is 6.42 Å². The molecule has 0 saturated heterocycles. The first kappa shape index (κ1) is 15.8. The van der Waals surface area contributed by atoms with Crippen LogP contribution < -0.4 is 5.32 Å². The number of fused-ring (bicyclic) bond motifs is 2. The number of unbranched alkanes of at least 4 members (excludes halogenated alkanes) is 1. The maximum absolute atomic E-state index is 12.4. The van der Waals surface area contributed by atoms with Crippen molar-refractivity contribution in [2.24, 2.45) is 0 Å². The van der Waals surface area contributed by atoms with Crippen LogP contribution in [0, 0.1) is 6.92 Å². The molecule has 0 fully saturated rings. The lowest BCUT2D eigenvalue weighted by atomic mass is 9.83. The molecule has 25 heavy (non-hydrogen) atoms. The third-order valence-electron chi connectivity index (χ3n) is 5.01. The van der Waals surface area contributed by atoms with E-state index in [2.05, 4.69) is 41.4 Å². The van der Waals surface area contributed by atoms with Gasteiger partial charge in [-0.1, -0.05) is 25.5 Å². The molecule has 4 rings (SSSR count). The number of rotatable bonds is 4. The minimum absolute atomic E-state index is 0.0204. The van der Waals surface area contributed by atoms with Crippen molar-refractivity contribution >= 4 is 22.6 Å². The maximum Gasteiger partial charge on any atom is 0.226 e. The van der Waals surface area contributed by atoms with E-state index in [1.807, 2.05) is 29.2 Å². The average Bonchev–Trinajstić information content (AvgIpc) is 3.02. The lowest BCUT2D eigenvalue weighted by Crippen LogP contribution is -2.25. The molecular formula is C20H22N4O. The number of hydrogen-bond acceptors (Lipinski definition) is 3. The largest absolute Gasteiger partial charge is 0.311 e. The third kappa shape index (κ3) is 2.69. The van der Waals surface area contributed by atoms with E-state index in [-0.39, 0.29) is 11.8 Å². The summed E-state index contributed by atoms with van der Waals surface area (Å²) < 4.78 is 1.93. The van der Waals surface area contributed by atoms with Crippen LogP contribution in [0.2, 0.25) is 0 Å². The number of aryl methyl sites for hydroxylation is 2. The van der Waals surface area contributed by atoms with Crippen molar-refractivity contribution < 1.29 is 4.79 Å². The highest BCUT2D eigenvalue weighted by Crippen LogP contribution is 2.41. The van der Waals surface area contributed by atoms with Crippen LogP contribution in [-0.2, 0) is 11.3 Å². The minimum atomic E-state index is 0.0204. The number of aromatic nitrogens is 3. The van der Waals surface area contributed by atoms with E-state index in [0.717, 1.165) is 41.7 Å². The van der Waals surface area contributed by atoms with Crippen LogP contribution in [0.5, 0.6) is 0 Å². The second kappa shape index (κ2) is 6.31. The molecule has 3 aromatic rings. The Kier molecular flexibility index (Phi) is 3.99. The van der Waals surface area contributed by atoms with E-state index in [9.17, 15) is 4.79 Å². The second-order valence-electron chi connectivity index (χ2n) is 6.70. The molecule has 0 spiro atoms. The van der Waals surface area contributed by atoms with Crippen molar-refractivity contribution in [1.29, 1.82) is 0 Å². The van der Waals surface area contributed by atoms with Gasteiger partial charge in [0.05, 0.1) is 11.7 Å². The Morgan fingerprint density at radius 1 is 1.32 bits per heavy atom. The van der Waals surface area contributed by atoms with Gasteiger partial charge >= 0.3 is 0 Å². The van der Waals surface area contributed by atoms with Gasteiger partial charge in [-0.2, -0.15) is 5.10 Å². The molecule has 5 heteroatoms. The molecule has 1 aliphatic heterocycles. The van der Waals surface area contributed by atoms with Gasteiger partial charge in [-0.25, -0.2) is 4.68 Å². The molecule has 3 heterocycles. The first-order valence-corrected chi connectivity index (χ1v) is 8.88. The number of anilines is 1. The van der Waals surface area contributed by atoms with Crippen molar-refractivity contribution in [3.8, 4) is 0 Å². The molecule has 0 bridgehead atoms. The van der Waals surface area contributed by atoms with Gasteiger partial charge in [0.25, 0.3) is 0 Å². The number of nitrogens with one attached hydrogen (secondary N) is 1. The highest BCUT2D eigenvalue weighted by Gasteiger charge is 2.31. The van der Waals surface area contributed by atoms with Gasteiger partial charge in [-0.05, 0) is 36.6 Å². The van der Waals surface area contributed by atoms with Crippen molar-refractivity contribution in [1.82, 2.24) is 14.8 Å². The lowest BCUT2D eigenvalue weighted by molar-refractivity contribution is -0.116. The van der Waals surface area contributed by atoms with Gasteiger partial charge in [-0.15, -0.1) is 0 Å². The fraction of sp³-hybridized carbons (Fsp3) is 0.350. The number of amides is 1. The van der Waals surface area contributed by atoms with Gasteiger partial charge in [-0.3, -0.25) is 9.78 Å². The molecule has 1 unspecified atom stereocenters. The summed E-state index contributed by atoms with van der Waals surface area (Å²) in [4.78, 5) is 16.9. The SMILES string of the molecule is CCCCn1ncc2c1NC(=O)CC2c1c(C)ccc2ncccc12. The van der Waals surface area contributed by atoms with E-state index in [1.165, 1.54) is 11.1 Å². The van der Waals surface area contributed by atoms with Gasteiger partial charge in [0.15, 0.2) is 0 Å². The van der Waals surface area contributed by atoms with Gasteiger partial charge < -0.3 is 5.32 Å². The molecule has 2 aromatic heterocycles. The monoisotopic (exact) mass is 334 g/mol. The number of carbonyl (C=O) groups is 1. The average molecular weight is 334 g/mol. The van der Waals surface area contributed by atoms with E-state index in [1.54, 1.807) is 0 Å². The molecular weight excluding hydrogens is 312 g/mol. The van der Waals surface area contributed by atoms with Crippen LogP contribution in [0.25, 0.3) is 10.9 Å². The van der Waals surface area contributed by atoms with Gasteiger partial charge in [0.2, 0.25) is 5.91 Å². The summed E-state index contributed by atoms with van der Waals surface area (Å²) in [6.45, 7) is 5.09. The molecule has 1 aliphatic rings. The predicted molar refractivity (Wildman–Crippen MR) is 98.7 cm³/mol. The standard InChI is InChI=1S/C20H22N4O/c1-3-4-10-24-20-16(12-22-24)15(11-18(25)23-20)19-13(2)7-8-17-14(19)6-5-9-21-17/h5-9,12,15H,3-4,10-11H2,1-2H3,(H,23,25). The van der Waals surface area contributed by atoms with Crippen LogP contribution in [-0.4, -0.2) is 20.7 Å². The highest BCUT2D eigenvalue weighted by molar-refractivity contribution is 5.96. The number of carbonyl (C=O) groups excluding carboxylic acids is 1. The van der Waals surface area contributed by atoms with Gasteiger partial charge in [0, 0.05) is 36.0 Å². The maximum atomic E-state index is 12.4. The summed E-state index contributed by atoms with van der Waals surface area (Å²) in [5.74, 6) is 0.929. The van der Waals surface area contributed by atoms with Crippen molar-refractivity contribution in [2.45, 2.75) is 45.6 Å². The zero-order valence-corrected chi connectivity index (χ0v) is 14.6. The van der Waals surface area contributed by atoms with Crippen molar-refractivity contribution in [2.75, 3.05) is 5.32 Å². The Bertz CT molecular complexity index is 944. The summed E-state index contributed by atoms with van der Waals surface area (Å²) in [5, 5.41) is 8.69. The smallest absolute Gasteiger partial charge is 0.226 e. The van der Waals surface area contributed by atoms with Gasteiger partial charge in [0.1, 0.15) is 5.82 Å². The topological polar surface area (TPSA) is 59.8 Å². The predicted octanol–water partition coefficient (Wildman–Crippen LogP) is 4.01. The van der Waals surface area contributed by atoms with E-state index in [4.69, 9.17) is 0 Å². The van der Waals surface area contributed by atoms with Crippen molar-refractivity contribution in [3.63, 3.8) is 0 Å². The Morgan fingerprint density at radius 2 is 2.20 bits per heavy atom. The summed E-state index contributed by atoms with van der Waals surface area (Å²) in [7, 11) is 0. The highest BCUT2D eigenvalue weighted by atomic mass is 16.1. The van der Waals surface area contributed by atoms with Crippen molar-refractivity contribution in [3.05, 3.63) is 53.3 Å². The lowest BCUT2D eigenvalue weighted by Gasteiger charge is -2.26. The summed E-state index contributed by atoms with van der Waals surface area (Å²) in [6.07, 6.45) is 6.32. The normalized spacial score (nSPS) is 16.7. The Hall–Kier alpha value is -2.69. The van der Waals surface area contributed by atoms with Crippen LogP contribution in [0.15, 0.2) is 36.7 Å². The number of nitrogens with zero attached hydrogens (tertiary/aromatic N) is 3. The third-order valence-corrected chi connectivity index (χ3v) is 5.01. The summed E-state index contributed by atoms with van der Waals surface area (Å²) in [5.41, 5.74) is 4.45. The van der Waals surface area contributed by atoms with E-state index < -0.39 is 0 Å². The zero-order chi connectivity index (χ0) is 17.4. The van der Waals surface area contributed by atoms with Crippen LogP contribution in [0.1, 0.15) is 48.8 Å². The molecule has 0 aliphatic carbocycles. The first-order valence-electron chi connectivity index (χ1n) is 8.88. The summed E-state index contributed by atoms with van der Waals surface area (Å²) >= 11 is 0. The van der Waals surface area contributed by atoms with E-state index >= 15 is 0 Å². The molecule has 1 amide bonds. The van der Waals surface area contributed by atoms with Crippen LogP contribution in [0.3, 0.4) is 0 Å². The molecule has 1 atom stereocenters. The number of benzene rings is 1. The number of hydrogen-bond donors (Lipinski definition) is 1. The molecule has 0 radical (unpaired) electrons. The molecule has 1 aromatic carbocycles.